The number of likely N-dealkylation sites (N-methyl/N-ethyl adjacent to an activating group) is 1. The van der Waals surface area contributed by atoms with Crippen LogP contribution < -0.4 is 21.2 Å². The van der Waals surface area contributed by atoms with Gasteiger partial charge < -0.3 is 15.3 Å². The average molecular weight is 473 g/mol. The third-order valence-corrected chi connectivity index (χ3v) is 7.54. The molecule has 1 aliphatic heterocycles. The van der Waals surface area contributed by atoms with E-state index in [9.17, 15) is 9.50 Å². The second-order valence-corrected chi connectivity index (χ2v) is 11.1. The van der Waals surface area contributed by atoms with Crippen LogP contribution in [0.4, 0.5) is 4.39 Å². The van der Waals surface area contributed by atoms with Crippen LogP contribution in [0.25, 0.3) is 0 Å². The maximum Gasteiger partial charge on any atom is 0.165 e. The van der Waals surface area contributed by atoms with Crippen LogP contribution in [-0.4, -0.2) is 61.7 Å². The second kappa shape index (κ2) is 11.0. The Labute approximate surface area is 199 Å². The fourth-order valence-corrected chi connectivity index (χ4v) is 5.30. The number of phenolic OH excluding ortho intramolecular Hbond substituents is 1. The van der Waals surface area contributed by atoms with Crippen LogP contribution in [0, 0.1) is 5.82 Å². The second-order valence-electron chi connectivity index (χ2n) is 9.74. The molecule has 1 heterocycles. The Balaban J connectivity index is 1.85. The van der Waals surface area contributed by atoms with E-state index in [1.807, 2.05) is 14.1 Å². The number of hydrogen-bond donors (Lipinski definition) is 3. The van der Waals surface area contributed by atoms with Crippen molar-refractivity contribution in [2.75, 3.05) is 46.8 Å². The first-order valence-corrected chi connectivity index (χ1v) is 12.5. The summed E-state index contributed by atoms with van der Waals surface area (Å²) in [6.07, 6.45) is -0.233. The summed E-state index contributed by atoms with van der Waals surface area (Å²) in [7, 11) is 4.15. The van der Waals surface area contributed by atoms with Gasteiger partial charge in [-0.2, -0.15) is 0 Å². The van der Waals surface area contributed by atoms with Crippen LogP contribution >= 0.6 is 8.58 Å². The van der Waals surface area contributed by atoms with Crippen LogP contribution in [0.15, 0.2) is 48.7 Å². The maximum absolute atomic E-state index is 14.4. The normalized spacial score (nSPS) is 16.3. The summed E-state index contributed by atoms with van der Waals surface area (Å²) in [5.41, 5.74) is 3.19. The van der Waals surface area contributed by atoms with Crippen molar-refractivity contribution in [3.8, 4) is 5.75 Å². The molecule has 2 aromatic rings. The van der Waals surface area contributed by atoms with Gasteiger partial charge in [-0.05, 0) is 40.8 Å². The molecular weight excluding hydrogens is 434 g/mol. The van der Waals surface area contributed by atoms with Gasteiger partial charge in [0.15, 0.2) is 11.6 Å². The minimum Gasteiger partial charge on any atom is -0.505 e. The van der Waals surface area contributed by atoms with E-state index in [-0.39, 0.29) is 25.9 Å². The SMILES string of the molecule is C=C(CN1CCNCC1)N(C)C(NC)c1cc(O)c(F)cc1Pc1ccc(C(C)(C)C)cc1. The molecular formula is C26H38FN4OP. The highest BCUT2D eigenvalue weighted by atomic mass is 31.1. The molecule has 1 fully saturated rings. The molecule has 2 unspecified atom stereocenters. The van der Waals surface area contributed by atoms with Crippen molar-refractivity contribution in [2.24, 2.45) is 0 Å². The van der Waals surface area contributed by atoms with E-state index in [2.05, 4.69) is 72.0 Å². The van der Waals surface area contributed by atoms with Crippen molar-refractivity contribution in [2.45, 2.75) is 32.4 Å². The monoisotopic (exact) mass is 472 g/mol. The molecule has 0 amide bonds. The largest absolute Gasteiger partial charge is 0.505 e. The average Bonchev–Trinajstić information content (AvgIpc) is 2.77. The number of aromatic hydroxyl groups is 1. The third kappa shape index (κ3) is 6.54. The predicted molar refractivity (Wildman–Crippen MR) is 139 cm³/mol. The summed E-state index contributed by atoms with van der Waals surface area (Å²) in [5.74, 6) is -0.923. The molecule has 2 aromatic carbocycles. The van der Waals surface area contributed by atoms with E-state index >= 15 is 0 Å². The maximum atomic E-state index is 14.4. The highest BCUT2D eigenvalue weighted by Gasteiger charge is 2.23. The van der Waals surface area contributed by atoms with Crippen molar-refractivity contribution >= 4 is 19.2 Å². The molecule has 0 bridgehead atoms. The number of phenols is 1. The number of nitrogens with zero attached hydrogens (tertiary/aromatic N) is 2. The minimum absolute atomic E-state index is 0.0855. The topological polar surface area (TPSA) is 50.8 Å². The summed E-state index contributed by atoms with van der Waals surface area (Å²) in [6.45, 7) is 15.6. The number of piperazine rings is 1. The van der Waals surface area contributed by atoms with Gasteiger partial charge in [0.2, 0.25) is 0 Å². The van der Waals surface area contributed by atoms with Crippen molar-refractivity contribution in [1.29, 1.82) is 0 Å². The fourth-order valence-electron chi connectivity index (χ4n) is 4.10. The molecule has 3 rings (SSSR count). The Morgan fingerprint density at radius 3 is 2.45 bits per heavy atom. The van der Waals surface area contributed by atoms with E-state index in [0.717, 1.165) is 54.6 Å². The summed E-state index contributed by atoms with van der Waals surface area (Å²) in [4.78, 5) is 4.47. The highest BCUT2D eigenvalue weighted by Crippen LogP contribution is 2.29. The van der Waals surface area contributed by atoms with Crippen molar-refractivity contribution < 1.29 is 9.50 Å². The lowest BCUT2D eigenvalue weighted by molar-refractivity contribution is 0.208. The van der Waals surface area contributed by atoms with Gasteiger partial charge in [0.25, 0.3) is 0 Å². The molecule has 1 saturated heterocycles. The first kappa shape index (κ1) is 25.6. The van der Waals surface area contributed by atoms with E-state index in [1.54, 1.807) is 6.07 Å². The molecule has 0 radical (unpaired) electrons. The van der Waals surface area contributed by atoms with Gasteiger partial charge in [-0.25, -0.2) is 4.39 Å². The first-order valence-electron chi connectivity index (χ1n) is 11.5. The Hall–Kier alpha value is -1.98. The van der Waals surface area contributed by atoms with Crippen LogP contribution in [0.5, 0.6) is 5.75 Å². The molecule has 3 N–H and O–H groups in total. The Kier molecular flexibility index (Phi) is 8.52. The summed E-state index contributed by atoms with van der Waals surface area (Å²) in [6, 6.07) is 11.6. The van der Waals surface area contributed by atoms with Crippen LogP contribution in [-0.2, 0) is 5.41 Å². The van der Waals surface area contributed by atoms with E-state index in [0.29, 0.717) is 0 Å². The highest BCUT2D eigenvalue weighted by molar-refractivity contribution is 7.55. The number of benzene rings is 2. The lowest BCUT2D eigenvalue weighted by atomic mass is 9.87. The zero-order valence-electron chi connectivity index (χ0n) is 20.5. The quantitative estimate of drug-likeness (QED) is 0.407. The summed E-state index contributed by atoms with van der Waals surface area (Å²) >= 11 is 0. The molecule has 2 atom stereocenters. The molecule has 5 nitrogen and oxygen atoms in total. The molecule has 180 valence electrons. The van der Waals surface area contributed by atoms with E-state index < -0.39 is 5.82 Å². The van der Waals surface area contributed by atoms with Gasteiger partial charge in [0.1, 0.15) is 6.17 Å². The third-order valence-electron chi connectivity index (χ3n) is 6.22. The predicted octanol–water partition coefficient (Wildman–Crippen LogP) is 3.03. The molecule has 7 heteroatoms. The van der Waals surface area contributed by atoms with Crippen LogP contribution in [0.3, 0.4) is 0 Å². The molecule has 0 saturated carbocycles. The zero-order chi connectivity index (χ0) is 24.2. The smallest absolute Gasteiger partial charge is 0.165 e. The molecule has 0 spiro atoms. The number of rotatable bonds is 8. The molecule has 0 aliphatic carbocycles. The lowest BCUT2D eigenvalue weighted by Gasteiger charge is -2.36. The lowest BCUT2D eigenvalue weighted by Crippen LogP contribution is -2.46. The number of nitrogens with one attached hydrogen (secondary N) is 2. The Morgan fingerprint density at radius 1 is 1.24 bits per heavy atom. The summed E-state index contributed by atoms with van der Waals surface area (Å²) < 4.78 is 14.4. The van der Waals surface area contributed by atoms with Gasteiger partial charge in [-0.1, -0.05) is 60.2 Å². The standard InChI is InChI=1S/C26H38FN4OP/c1-18(17-31-13-11-29-12-14-31)30(6)25(28-5)21-15-23(32)22(27)16-24(21)33-20-9-7-19(8-10-20)26(2,3)4/h7-10,15-16,25,28-29,32-33H,1,11-14,17H2,2-6H3. The molecule has 0 aromatic heterocycles. The number of hydrogen-bond acceptors (Lipinski definition) is 5. The fraction of sp³-hybridized carbons (Fsp3) is 0.462. The van der Waals surface area contributed by atoms with E-state index in [1.165, 1.54) is 11.6 Å². The van der Waals surface area contributed by atoms with Gasteiger partial charge in [0, 0.05) is 51.0 Å². The Bertz CT molecular complexity index is 952. The summed E-state index contributed by atoms with van der Waals surface area (Å²) in [5, 5.41) is 18.9. The van der Waals surface area contributed by atoms with Crippen LogP contribution in [0.1, 0.15) is 38.1 Å². The minimum atomic E-state index is -0.593. The van der Waals surface area contributed by atoms with Gasteiger partial charge in [-0.15, -0.1) is 0 Å². The van der Waals surface area contributed by atoms with Crippen molar-refractivity contribution in [3.05, 3.63) is 65.6 Å². The van der Waals surface area contributed by atoms with Gasteiger partial charge in [0.05, 0.1) is 0 Å². The number of halogens is 1. The van der Waals surface area contributed by atoms with Gasteiger partial charge >= 0.3 is 0 Å². The van der Waals surface area contributed by atoms with Crippen molar-refractivity contribution in [3.63, 3.8) is 0 Å². The Morgan fingerprint density at radius 2 is 1.88 bits per heavy atom. The molecule has 33 heavy (non-hydrogen) atoms. The van der Waals surface area contributed by atoms with Gasteiger partial charge in [-0.3, -0.25) is 10.2 Å². The first-order chi connectivity index (χ1) is 15.6. The van der Waals surface area contributed by atoms with Crippen LogP contribution in [0.2, 0.25) is 0 Å². The zero-order valence-corrected chi connectivity index (χ0v) is 21.5. The van der Waals surface area contributed by atoms with E-state index in [4.69, 9.17) is 0 Å². The van der Waals surface area contributed by atoms with Crippen molar-refractivity contribution in [1.82, 2.24) is 20.4 Å². The molecule has 1 aliphatic rings.